The zero-order valence-electron chi connectivity index (χ0n) is 16.8. The third kappa shape index (κ3) is 3.17. The van der Waals surface area contributed by atoms with Gasteiger partial charge in [0, 0.05) is 6.92 Å². The Balaban J connectivity index is 1.97. The Morgan fingerprint density at radius 1 is 1.31 bits per heavy atom. The molecule has 0 aliphatic heterocycles. The lowest BCUT2D eigenvalue weighted by atomic mass is 9.47. The minimum atomic E-state index is -0.334. The molecule has 1 aromatic carbocycles. The molecule has 0 spiro atoms. The smallest absolute Gasteiger partial charge is 0.308 e. The summed E-state index contributed by atoms with van der Waals surface area (Å²) < 4.78 is 5.24. The van der Waals surface area contributed by atoms with Gasteiger partial charge in [-0.15, -0.1) is 0 Å². The summed E-state index contributed by atoms with van der Waals surface area (Å²) in [7, 11) is 0. The van der Waals surface area contributed by atoms with Crippen molar-refractivity contribution in [1.82, 2.24) is 0 Å². The fourth-order valence-corrected chi connectivity index (χ4v) is 5.55. The number of hydrogen-bond donors (Lipinski definition) is 1. The molecule has 4 atom stereocenters. The number of allylic oxidation sites excluding steroid dienone is 2. The van der Waals surface area contributed by atoms with Crippen LogP contribution in [0.15, 0.2) is 29.8 Å². The molecule has 26 heavy (non-hydrogen) atoms. The first-order valence-electron chi connectivity index (χ1n) is 9.84. The van der Waals surface area contributed by atoms with Crippen molar-refractivity contribution in [1.29, 1.82) is 0 Å². The van der Waals surface area contributed by atoms with Crippen molar-refractivity contribution in [3.05, 3.63) is 35.4 Å². The van der Waals surface area contributed by atoms with Gasteiger partial charge in [0.25, 0.3) is 0 Å². The highest BCUT2D eigenvalue weighted by molar-refractivity contribution is 5.69. The van der Waals surface area contributed by atoms with E-state index in [0.717, 1.165) is 18.4 Å². The van der Waals surface area contributed by atoms with Gasteiger partial charge in [-0.3, -0.25) is 4.79 Å². The molecule has 3 nitrogen and oxygen atoms in total. The van der Waals surface area contributed by atoms with Crippen LogP contribution >= 0.6 is 0 Å². The second-order valence-electron chi connectivity index (χ2n) is 8.94. The average Bonchev–Trinajstić information content (AvgIpc) is 2.56. The number of aromatic hydroxyl groups is 1. The zero-order chi connectivity index (χ0) is 19.1. The van der Waals surface area contributed by atoms with Gasteiger partial charge in [0.2, 0.25) is 0 Å². The van der Waals surface area contributed by atoms with E-state index in [-0.39, 0.29) is 16.8 Å². The van der Waals surface area contributed by atoms with Gasteiger partial charge in [0.1, 0.15) is 11.5 Å². The third-order valence-corrected chi connectivity index (χ3v) is 7.48. The van der Waals surface area contributed by atoms with E-state index in [4.69, 9.17) is 4.74 Å². The second-order valence-corrected chi connectivity index (χ2v) is 8.94. The summed E-state index contributed by atoms with van der Waals surface area (Å²) >= 11 is 0. The minimum Gasteiger partial charge on any atom is -0.508 e. The van der Waals surface area contributed by atoms with Crippen LogP contribution in [0.3, 0.4) is 0 Å². The first-order chi connectivity index (χ1) is 12.2. The van der Waals surface area contributed by atoms with Gasteiger partial charge in [-0.05, 0) is 85.5 Å². The molecule has 0 aromatic heterocycles. The maximum Gasteiger partial charge on any atom is 0.308 e. The van der Waals surface area contributed by atoms with Gasteiger partial charge in [-0.25, -0.2) is 0 Å². The highest BCUT2D eigenvalue weighted by Gasteiger charge is 2.53. The largest absolute Gasteiger partial charge is 0.508 e. The lowest BCUT2D eigenvalue weighted by Gasteiger charge is -2.58. The summed E-state index contributed by atoms with van der Waals surface area (Å²) in [5, 5.41) is 10.5. The molecular weight excluding hydrogens is 324 g/mol. The summed E-state index contributed by atoms with van der Waals surface area (Å²) in [6.45, 7) is 10.9. The molecule has 3 heteroatoms. The van der Waals surface area contributed by atoms with Crippen molar-refractivity contribution in [3.63, 3.8) is 0 Å². The van der Waals surface area contributed by atoms with Crippen LogP contribution in [0, 0.1) is 22.7 Å². The standard InChI is InChI=1S/C23H32O3/c1-15-7-6-8-21-22(15,4)12-11-16(2)23(21,5)14-18-13-19(26-17(3)24)9-10-20(18)25/h7,9-10,13,16,21,25H,6,8,11-12,14H2,1-5H3. The lowest BCUT2D eigenvalue weighted by molar-refractivity contribution is -0.131. The van der Waals surface area contributed by atoms with Crippen molar-refractivity contribution in [3.8, 4) is 11.5 Å². The second kappa shape index (κ2) is 6.75. The molecule has 0 bridgehead atoms. The number of carbonyl (C=O) groups is 1. The molecule has 4 unspecified atom stereocenters. The van der Waals surface area contributed by atoms with E-state index in [1.54, 1.807) is 12.1 Å². The number of benzene rings is 1. The highest BCUT2D eigenvalue weighted by Crippen LogP contribution is 2.61. The monoisotopic (exact) mass is 356 g/mol. The molecule has 3 rings (SSSR count). The molecule has 2 aliphatic rings. The first-order valence-corrected chi connectivity index (χ1v) is 9.84. The molecule has 1 aromatic rings. The molecule has 142 valence electrons. The van der Waals surface area contributed by atoms with E-state index < -0.39 is 0 Å². The van der Waals surface area contributed by atoms with Gasteiger partial charge < -0.3 is 9.84 Å². The van der Waals surface area contributed by atoms with E-state index in [2.05, 4.69) is 33.8 Å². The van der Waals surface area contributed by atoms with Crippen molar-refractivity contribution >= 4 is 5.97 Å². The zero-order valence-corrected chi connectivity index (χ0v) is 16.8. The van der Waals surface area contributed by atoms with Crippen LogP contribution < -0.4 is 4.74 Å². The minimum absolute atomic E-state index is 0.106. The van der Waals surface area contributed by atoms with Crippen molar-refractivity contribution < 1.29 is 14.6 Å². The molecule has 2 aliphatic carbocycles. The lowest BCUT2D eigenvalue weighted by Crippen LogP contribution is -2.50. The maximum absolute atomic E-state index is 11.3. The van der Waals surface area contributed by atoms with Gasteiger partial charge in [0.05, 0.1) is 0 Å². The van der Waals surface area contributed by atoms with Gasteiger partial charge in [0.15, 0.2) is 0 Å². The van der Waals surface area contributed by atoms with Crippen LogP contribution in [0.4, 0.5) is 0 Å². The van der Waals surface area contributed by atoms with Crippen LogP contribution in [0.5, 0.6) is 11.5 Å². The number of ether oxygens (including phenoxy) is 1. The summed E-state index contributed by atoms with van der Waals surface area (Å²) in [6, 6.07) is 5.15. The quantitative estimate of drug-likeness (QED) is 0.432. The van der Waals surface area contributed by atoms with Crippen molar-refractivity contribution in [2.75, 3.05) is 0 Å². The van der Waals surface area contributed by atoms with E-state index in [1.807, 2.05) is 6.07 Å². The topological polar surface area (TPSA) is 46.5 Å². The van der Waals surface area contributed by atoms with E-state index in [0.29, 0.717) is 23.3 Å². The van der Waals surface area contributed by atoms with Gasteiger partial charge >= 0.3 is 5.97 Å². The SMILES string of the molecule is CC(=O)Oc1ccc(O)c(CC2(C)C(C)CCC3(C)C(C)=CCCC32)c1. The normalized spacial score (nSPS) is 34.0. The number of fused-ring (bicyclic) bond motifs is 1. The van der Waals surface area contributed by atoms with Crippen LogP contribution in [0.2, 0.25) is 0 Å². The summed E-state index contributed by atoms with van der Waals surface area (Å²) in [6.07, 6.45) is 8.04. The number of esters is 1. The Morgan fingerprint density at radius 3 is 2.73 bits per heavy atom. The molecule has 1 N–H and O–H groups in total. The van der Waals surface area contributed by atoms with Crippen molar-refractivity contribution in [2.24, 2.45) is 22.7 Å². The molecule has 0 saturated heterocycles. The Labute approximate surface area is 157 Å². The maximum atomic E-state index is 11.3. The molecule has 0 radical (unpaired) electrons. The van der Waals surface area contributed by atoms with E-state index >= 15 is 0 Å². The molecule has 0 heterocycles. The Bertz CT molecular complexity index is 735. The predicted octanol–water partition coefficient (Wildman–Crippen LogP) is 5.66. The van der Waals surface area contributed by atoms with E-state index in [1.165, 1.54) is 31.8 Å². The molecule has 0 amide bonds. The van der Waals surface area contributed by atoms with Crippen molar-refractivity contribution in [2.45, 2.75) is 66.7 Å². The molecule has 1 saturated carbocycles. The predicted molar refractivity (Wildman–Crippen MR) is 104 cm³/mol. The Hall–Kier alpha value is -1.77. The van der Waals surface area contributed by atoms with Gasteiger partial charge in [-0.1, -0.05) is 32.4 Å². The number of phenolic OH excluding ortho intramolecular Hbond substituents is 1. The Kier molecular flexibility index (Phi) is 4.94. The summed E-state index contributed by atoms with van der Waals surface area (Å²) in [5.74, 6) is 1.66. The fourth-order valence-electron chi connectivity index (χ4n) is 5.55. The first kappa shape index (κ1) is 19.0. The summed E-state index contributed by atoms with van der Waals surface area (Å²) in [4.78, 5) is 11.3. The van der Waals surface area contributed by atoms with Crippen LogP contribution in [0.25, 0.3) is 0 Å². The fraction of sp³-hybridized carbons (Fsp3) is 0.609. The molecular formula is C23H32O3. The van der Waals surface area contributed by atoms with E-state index in [9.17, 15) is 9.90 Å². The van der Waals surface area contributed by atoms with Gasteiger partial charge in [-0.2, -0.15) is 0 Å². The number of phenols is 1. The molecule has 1 fully saturated rings. The van der Waals surface area contributed by atoms with Crippen LogP contribution in [-0.4, -0.2) is 11.1 Å². The average molecular weight is 357 g/mol. The number of carbonyl (C=O) groups excluding carboxylic acids is 1. The number of rotatable bonds is 3. The summed E-state index contributed by atoms with van der Waals surface area (Å²) in [5.41, 5.74) is 2.77. The van der Waals surface area contributed by atoms with Crippen LogP contribution in [-0.2, 0) is 11.2 Å². The number of hydrogen-bond acceptors (Lipinski definition) is 3. The van der Waals surface area contributed by atoms with Crippen LogP contribution in [0.1, 0.15) is 65.9 Å². The highest BCUT2D eigenvalue weighted by atomic mass is 16.5. The Morgan fingerprint density at radius 2 is 2.04 bits per heavy atom. The third-order valence-electron chi connectivity index (χ3n) is 7.48.